The fraction of sp³-hybridized carbons (Fsp3) is 0.381. The molecule has 0 unspecified atom stereocenters. The number of carbonyl (C=O) groups excluding carboxylic acids is 1. The van der Waals surface area contributed by atoms with E-state index in [1.165, 1.54) is 19.2 Å². The van der Waals surface area contributed by atoms with Crippen LogP contribution in [0.2, 0.25) is 0 Å². The minimum Gasteiger partial charge on any atom is -0.496 e. The number of anilines is 1. The van der Waals surface area contributed by atoms with Gasteiger partial charge in [-0.1, -0.05) is 29.8 Å². The third-order valence-electron chi connectivity index (χ3n) is 5.15. The number of alkyl halides is 3. The number of hydrogen-bond donors (Lipinski definition) is 1. The first-order valence-corrected chi connectivity index (χ1v) is 8.98. The SMILES string of the molecule is COc1ccc(NC(=O)C2(c3ccc(C)cc3)CCOCC2)cc1C(F)(F)F. The highest BCUT2D eigenvalue weighted by atomic mass is 19.4. The van der Waals surface area contributed by atoms with Crippen molar-refractivity contribution < 1.29 is 27.4 Å². The van der Waals surface area contributed by atoms with Crippen LogP contribution in [0.5, 0.6) is 5.75 Å². The highest BCUT2D eigenvalue weighted by Gasteiger charge is 2.42. The Balaban J connectivity index is 1.94. The lowest BCUT2D eigenvalue weighted by Crippen LogP contribution is -2.44. The fourth-order valence-electron chi connectivity index (χ4n) is 3.50. The molecular weight excluding hydrogens is 371 g/mol. The molecule has 0 aromatic heterocycles. The van der Waals surface area contributed by atoms with Crippen LogP contribution in [0.1, 0.15) is 29.5 Å². The molecule has 3 rings (SSSR count). The van der Waals surface area contributed by atoms with Gasteiger partial charge in [-0.3, -0.25) is 4.79 Å². The number of hydrogen-bond acceptors (Lipinski definition) is 3. The Bertz CT molecular complexity index is 841. The van der Waals surface area contributed by atoms with Crippen molar-refractivity contribution >= 4 is 11.6 Å². The van der Waals surface area contributed by atoms with Gasteiger partial charge in [-0.25, -0.2) is 0 Å². The van der Waals surface area contributed by atoms with Gasteiger partial charge in [0.05, 0.1) is 18.1 Å². The van der Waals surface area contributed by atoms with E-state index in [4.69, 9.17) is 9.47 Å². The molecule has 7 heteroatoms. The van der Waals surface area contributed by atoms with Gasteiger partial charge in [-0.2, -0.15) is 13.2 Å². The first-order chi connectivity index (χ1) is 13.3. The standard InChI is InChI=1S/C21H22F3NO3/c1-14-3-5-15(6-4-14)20(9-11-28-12-10-20)19(26)25-16-7-8-18(27-2)17(13-16)21(22,23)24/h3-8,13H,9-12H2,1-2H3,(H,25,26). The predicted molar refractivity (Wildman–Crippen MR) is 99.5 cm³/mol. The molecule has 1 fully saturated rings. The van der Waals surface area contributed by atoms with Gasteiger partial charge in [-0.05, 0) is 43.5 Å². The van der Waals surface area contributed by atoms with Gasteiger partial charge in [-0.15, -0.1) is 0 Å². The van der Waals surface area contributed by atoms with E-state index in [1.807, 2.05) is 31.2 Å². The number of methoxy groups -OCH3 is 1. The maximum absolute atomic E-state index is 13.3. The van der Waals surface area contributed by atoms with Gasteiger partial charge >= 0.3 is 6.18 Å². The molecule has 0 spiro atoms. The summed E-state index contributed by atoms with van der Waals surface area (Å²) < 4.78 is 50.0. The summed E-state index contributed by atoms with van der Waals surface area (Å²) in [4.78, 5) is 13.2. The van der Waals surface area contributed by atoms with Crippen LogP contribution < -0.4 is 10.1 Å². The summed E-state index contributed by atoms with van der Waals surface area (Å²) in [6.45, 7) is 2.78. The van der Waals surface area contributed by atoms with Gasteiger partial charge in [0, 0.05) is 18.9 Å². The van der Waals surface area contributed by atoms with Crippen LogP contribution in [0.4, 0.5) is 18.9 Å². The summed E-state index contributed by atoms with van der Waals surface area (Å²) in [5.41, 5.74) is 0.213. The van der Waals surface area contributed by atoms with E-state index in [1.54, 1.807) is 0 Å². The van der Waals surface area contributed by atoms with Crippen molar-refractivity contribution in [2.75, 3.05) is 25.6 Å². The van der Waals surface area contributed by atoms with E-state index in [9.17, 15) is 18.0 Å². The molecule has 1 aliphatic heterocycles. The number of nitrogens with one attached hydrogen (secondary N) is 1. The summed E-state index contributed by atoms with van der Waals surface area (Å²) in [6, 6.07) is 11.2. The average molecular weight is 393 g/mol. The summed E-state index contributed by atoms with van der Waals surface area (Å²) in [6.07, 6.45) is -3.66. The first-order valence-electron chi connectivity index (χ1n) is 8.98. The van der Waals surface area contributed by atoms with E-state index in [0.29, 0.717) is 26.1 Å². The van der Waals surface area contributed by atoms with Crippen LogP contribution in [0.15, 0.2) is 42.5 Å². The average Bonchev–Trinajstić information content (AvgIpc) is 2.68. The molecule has 0 radical (unpaired) electrons. The van der Waals surface area contributed by atoms with E-state index in [0.717, 1.165) is 17.2 Å². The topological polar surface area (TPSA) is 47.6 Å². The first kappa shape index (κ1) is 20.2. The smallest absolute Gasteiger partial charge is 0.420 e. The molecule has 2 aromatic rings. The Morgan fingerprint density at radius 2 is 1.75 bits per heavy atom. The van der Waals surface area contributed by atoms with Crippen LogP contribution in [-0.2, 0) is 21.1 Å². The molecule has 4 nitrogen and oxygen atoms in total. The third-order valence-corrected chi connectivity index (χ3v) is 5.15. The predicted octanol–water partition coefficient (Wildman–Crippen LogP) is 4.71. The normalized spacial score (nSPS) is 16.5. The Labute approximate surface area is 161 Å². The van der Waals surface area contributed by atoms with E-state index < -0.39 is 17.2 Å². The Kier molecular flexibility index (Phi) is 5.65. The van der Waals surface area contributed by atoms with Crippen LogP contribution in [0.3, 0.4) is 0 Å². The number of aryl methyl sites for hydroxylation is 1. The largest absolute Gasteiger partial charge is 0.496 e. The highest BCUT2D eigenvalue weighted by molar-refractivity contribution is 5.99. The molecule has 150 valence electrons. The maximum Gasteiger partial charge on any atom is 0.420 e. The number of carbonyl (C=O) groups is 1. The number of amides is 1. The molecule has 1 N–H and O–H groups in total. The number of rotatable bonds is 4. The lowest BCUT2D eigenvalue weighted by Gasteiger charge is -2.36. The van der Waals surface area contributed by atoms with Gasteiger partial charge in [0.2, 0.25) is 5.91 Å². The van der Waals surface area contributed by atoms with Crippen LogP contribution in [0, 0.1) is 6.92 Å². The zero-order valence-electron chi connectivity index (χ0n) is 15.7. The zero-order valence-corrected chi connectivity index (χ0v) is 15.7. The molecule has 0 atom stereocenters. The number of ether oxygens (including phenoxy) is 2. The Morgan fingerprint density at radius 3 is 2.32 bits per heavy atom. The zero-order chi connectivity index (χ0) is 20.4. The summed E-state index contributed by atoms with van der Waals surface area (Å²) in [5, 5.41) is 2.68. The van der Waals surface area contributed by atoms with Crippen molar-refractivity contribution in [3.05, 3.63) is 59.2 Å². The second-order valence-electron chi connectivity index (χ2n) is 6.93. The van der Waals surface area contributed by atoms with Gasteiger partial charge < -0.3 is 14.8 Å². The van der Waals surface area contributed by atoms with Gasteiger partial charge in [0.1, 0.15) is 5.75 Å². The second-order valence-corrected chi connectivity index (χ2v) is 6.93. The second kappa shape index (κ2) is 7.83. The summed E-state index contributed by atoms with van der Waals surface area (Å²) in [7, 11) is 1.18. The molecule has 1 amide bonds. The Hall–Kier alpha value is -2.54. The summed E-state index contributed by atoms with van der Waals surface area (Å²) in [5.74, 6) is -0.622. The molecule has 1 heterocycles. The maximum atomic E-state index is 13.3. The minimum absolute atomic E-state index is 0.0797. The lowest BCUT2D eigenvalue weighted by atomic mass is 9.73. The van der Waals surface area contributed by atoms with Gasteiger partial charge in [0.25, 0.3) is 0 Å². The van der Waals surface area contributed by atoms with Gasteiger partial charge in [0.15, 0.2) is 0 Å². The van der Waals surface area contributed by atoms with Crippen molar-refractivity contribution in [1.29, 1.82) is 0 Å². The molecule has 0 aliphatic carbocycles. The van der Waals surface area contributed by atoms with E-state index in [-0.39, 0.29) is 17.3 Å². The lowest BCUT2D eigenvalue weighted by molar-refractivity contribution is -0.138. The number of benzene rings is 2. The van der Waals surface area contributed by atoms with Crippen LogP contribution >= 0.6 is 0 Å². The van der Waals surface area contributed by atoms with Crippen molar-refractivity contribution in [2.24, 2.45) is 0 Å². The number of halogens is 3. The van der Waals surface area contributed by atoms with Crippen molar-refractivity contribution in [3.63, 3.8) is 0 Å². The summed E-state index contributed by atoms with van der Waals surface area (Å²) >= 11 is 0. The molecule has 1 saturated heterocycles. The Morgan fingerprint density at radius 1 is 1.11 bits per heavy atom. The minimum atomic E-state index is -4.58. The monoisotopic (exact) mass is 393 g/mol. The molecule has 2 aromatic carbocycles. The molecule has 0 saturated carbocycles. The highest BCUT2D eigenvalue weighted by Crippen LogP contribution is 2.39. The van der Waals surface area contributed by atoms with E-state index >= 15 is 0 Å². The van der Waals surface area contributed by atoms with Crippen molar-refractivity contribution in [2.45, 2.75) is 31.4 Å². The van der Waals surface area contributed by atoms with Crippen LogP contribution in [0.25, 0.3) is 0 Å². The van der Waals surface area contributed by atoms with Crippen molar-refractivity contribution in [1.82, 2.24) is 0 Å². The van der Waals surface area contributed by atoms with Crippen molar-refractivity contribution in [3.8, 4) is 5.75 Å². The molecular formula is C21H22F3NO3. The van der Waals surface area contributed by atoms with E-state index in [2.05, 4.69) is 5.32 Å². The quantitative estimate of drug-likeness (QED) is 0.819. The molecule has 1 aliphatic rings. The third kappa shape index (κ3) is 3.99. The van der Waals surface area contributed by atoms with Crippen LogP contribution in [-0.4, -0.2) is 26.2 Å². The molecule has 28 heavy (non-hydrogen) atoms. The fourth-order valence-corrected chi connectivity index (χ4v) is 3.50. The molecule has 0 bridgehead atoms.